The Morgan fingerprint density at radius 2 is 1.95 bits per heavy atom. The number of nitrogens with one attached hydrogen (secondary N) is 1. The molecule has 0 spiro atoms. The molecule has 0 aliphatic carbocycles. The maximum atomic E-state index is 11.9. The predicted octanol–water partition coefficient (Wildman–Crippen LogP) is 0.492. The van der Waals surface area contributed by atoms with Gasteiger partial charge in [0.25, 0.3) is 0 Å². The van der Waals surface area contributed by atoms with E-state index in [1.54, 1.807) is 6.92 Å². The van der Waals surface area contributed by atoms with Crippen LogP contribution in [0.2, 0.25) is 0 Å². The zero-order chi connectivity index (χ0) is 15.2. The average Bonchev–Trinajstić information content (AvgIpc) is 3.06. The molecule has 1 N–H and O–H groups in total. The molecule has 0 unspecified atom stereocenters. The molecule has 0 aromatic carbocycles. The van der Waals surface area contributed by atoms with Crippen molar-refractivity contribution in [2.75, 3.05) is 26.2 Å². The first-order chi connectivity index (χ1) is 10.1. The van der Waals surface area contributed by atoms with Gasteiger partial charge in [-0.15, -0.1) is 0 Å². The summed E-state index contributed by atoms with van der Waals surface area (Å²) in [5.74, 6) is 0.118. The molecule has 2 saturated heterocycles. The van der Waals surface area contributed by atoms with Crippen molar-refractivity contribution >= 4 is 11.8 Å². The lowest BCUT2D eigenvalue weighted by Gasteiger charge is -2.34. The standard InChI is InChI=1S/C15H24N4O2/c1-12(20)19-10-3-6-14(19)13-5-2-9-18(13)11-15(21)17-8-4-7-16/h13-14H,2-6,8-11H2,1H3,(H,17,21)/t13-,14+/m1/s1. The van der Waals surface area contributed by atoms with Crippen molar-refractivity contribution in [2.45, 2.75) is 51.1 Å². The third-order valence-electron chi connectivity index (χ3n) is 4.47. The SMILES string of the molecule is CC(=O)N1CCC[C@H]1[C@H]1CCCN1CC(=O)NCCC#N. The van der Waals surface area contributed by atoms with Crippen LogP contribution in [0.15, 0.2) is 0 Å². The highest BCUT2D eigenvalue weighted by atomic mass is 16.2. The van der Waals surface area contributed by atoms with Gasteiger partial charge in [0, 0.05) is 32.1 Å². The van der Waals surface area contributed by atoms with E-state index in [1.807, 2.05) is 11.0 Å². The first kappa shape index (κ1) is 15.8. The Morgan fingerprint density at radius 3 is 2.67 bits per heavy atom. The molecule has 2 amide bonds. The third-order valence-corrected chi connectivity index (χ3v) is 4.47. The molecule has 0 aromatic heterocycles. The lowest BCUT2D eigenvalue weighted by molar-refractivity contribution is -0.130. The maximum Gasteiger partial charge on any atom is 0.234 e. The van der Waals surface area contributed by atoms with Crippen LogP contribution in [0.25, 0.3) is 0 Å². The van der Waals surface area contributed by atoms with Crippen LogP contribution in [0.4, 0.5) is 0 Å². The van der Waals surface area contributed by atoms with Crippen molar-refractivity contribution in [3.05, 3.63) is 0 Å². The van der Waals surface area contributed by atoms with Gasteiger partial charge in [-0.25, -0.2) is 0 Å². The molecule has 116 valence electrons. The van der Waals surface area contributed by atoms with Crippen molar-refractivity contribution in [3.8, 4) is 6.07 Å². The van der Waals surface area contributed by atoms with E-state index < -0.39 is 0 Å². The number of hydrogen-bond acceptors (Lipinski definition) is 4. The number of carbonyl (C=O) groups excluding carboxylic acids is 2. The number of carbonyl (C=O) groups is 2. The van der Waals surface area contributed by atoms with Gasteiger partial charge >= 0.3 is 0 Å². The van der Waals surface area contributed by atoms with Gasteiger partial charge in [0.1, 0.15) is 0 Å². The Morgan fingerprint density at radius 1 is 1.24 bits per heavy atom. The van der Waals surface area contributed by atoms with Gasteiger partial charge in [0.05, 0.1) is 19.0 Å². The molecular formula is C15H24N4O2. The van der Waals surface area contributed by atoms with Crippen LogP contribution < -0.4 is 5.32 Å². The highest BCUT2D eigenvalue weighted by molar-refractivity contribution is 5.78. The van der Waals surface area contributed by atoms with Gasteiger partial charge in [-0.3, -0.25) is 14.5 Å². The van der Waals surface area contributed by atoms with Crippen molar-refractivity contribution in [1.82, 2.24) is 15.1 Å². The van der Waals surface area contributed by atoms with Crippen molar-refractivity contribution < 1.29 is 9.59 Å². The number of nitrogens with zero attached hydrogens (tertiary/aromatic N) is 3. The maximum absolute atomic E-state index is 11.9. The van der Waals surface area contributed by atoms with Crippen LogP contribution in [0, 0.1) is 11.3 Å². The van der Waals surface area contributed by atoms with Crippen LogP contribution in [-0.2, 0) is 9.59 Å². The minimum Gasteiger partial charge on any atom is -0.354 e. The Hall–Kier alpha value is -1.61. The lowest BCUT2D eigenvalue weighted by atomic mass is 10.0. The summed E-state index contributed by atoms with van der Waals surface area (Å²) >= 11 is 0. The van der Waals surface area contributed by atoms with Crippen LogP contribution in [0.1, 0.15) is 39.0 Å². The van der Waals surface area contributed by atoms with E-state index in [2.05, 4.69) is 10.2 Å². The largest absolute Gasteiger partial charge is 0.354 e. The zero-order valence-electron chi connectivity index (χ0n) is 12.7. The molecule has 6 nitrogen and oxygen atoms in total. The second-order valence-electron chi connectivity index (χ2n) is 5.86. The average molecular weight is 292 g/mol. The molecular weight excluding hydrogens is 268 g/mol. The molecule has 2 fully saturated rings. The highest BCUT2D eigenvalue weighted by Gasteiger charge is 2.39. The quantitative estimate of drug-likeness (QED) is 0.748. The second-order valence-corrected chi connectivity index (χ2v) is 5.86. The third kappa shape index (κ3) is 3.94. The fourth-order valence-electron chi connectivity index (χ4n) is 3.57. The fraction of sp³-hybridized carbons (Fsp3) is 0.800. The van der Waals surface area contributed by atoms with Crippen molar-refractivity contribution in [2.24, 2.45) is 0 Å². The van der Waals surface area contributed by atoms with E-state index in [9.17, 15) is 9.59 Å². The number of rotatable bonds is 5. The summed E-state index contributed by atoms with van der Waals surface area (Å²) in [7, 11) is 0. The van der Waals surface area contributed by atoms with Gasteiger partial charge in [-0.1, -0.05) is 0 Å². The summed E-state index contributed by atoms with van der Waals surface area (Å²) in [5.41, 5.74) is 0. The van der Waals surface area contributed by atoms with Crippen LogP contribution in [0.5, 0.6) is 0 Å². The molecule has 0 aromatic rings. The molecule has 2 heterocycles. The molecule has 6 heteroatoms. The van der Waals surface area contributed by atoms with E-state index >= 15 is 0 Å². The minimum atomic E-state index is -0.0236. The molecule has 2 aliphatic rings. The summed E-state index contributed by atoms with van der Waals surface area (Å²) in [6.07, 6.45) is 4.58. The van der Waals surface area contributed by atoms with E-state index in [-0.39, 0.29) is 17.9 Å². The Kier molecular flexibility index (Phi) is 5.57. The Labute approximate surface area is 126 Å². The predicted molar refractivity (Wildman–Crippen MR) is 78.2 cm³/mol. The first-order valence-corrected chi connectivity index (χ1v) is 7.78. The second kappa shape index (κ2) is 7.41. The topological polar surface area (TPSA) is 76.4 Å². The Balaban J connectivity index is 1.89. The highest BCUT2D eigenvalue weighted by Crippen LogP contribution is 2.29. The van der Waals surface area contributed by atoms with Crippen LogP contribution in [-0.4, -0.2) is 59.9 Å². The molecule has 21 heavy (non-hydrogen) atoms. The molecule has 2 rings (SSSR count). The van der Waals surface area contributed by atoms with E-state index in [0.29, 0.717) is 25.6 Å². The van der Waals surface area contributed by atoms with Gasteiger partial charge < -0.3 is 10.2 Å². The van der Waals surface area contributed by atoms with Gasteiger partial charge in [-0.05, 0) is 32.2 Å². The summed E-state index contributed by atoms with van der Waals surface area (Å²) in [6, 6.07) is 2.58. The molecule has 0 saturated carbocycles. The monoisotopic (exact) mass is 292 g/mol. The molecule has 0 radical (unpaired) electrons. The summed E-state index contributed by atoms with van der Waals surface area (Å²) in [6.45, 7) is 4.18. The number of likely N-dealkylation sites (tertiary alicyclic amines) is 2. The first-order valence-electron chi connectivity index (χ1n) is 7.78. The molecule has 0 bridgehead atoms. The normalized spacial score (nSPS) is 25.8. The summed E-state index contributed by atoms with van der Waals surface area (Å²) in [5, 5.41) is 11.3. The summed E-state index contributed by atoms with van der Waals surface area (Å²) < 4.78 is 0. The van der Waals surface area contributed by atoms with E-state index in [4.69, 9.17) is 5.26 Å². The van der Waals surface area contributed by atoms with E-state index in [1.165, 1.54) is 0 Å². The number of nitriles is 1. The van der Waals surface area contributed by atoms with Gasteiger partial charge in [0.2, 0.25) is 11.8 Å². The van der Waals surface area contributed by atoms with Crippen LogP contribution >= 0.6 is 0 Å². The van der Waals surface area contributed by atoms with E-state index in [0.717, 1.165) is 38.8 Å². The lowest BCUT2D eigenvalue weighted by Crippen LogP contribution is -2.50. The van der Waals surface area contributed by atoms with Crippen molar-refractivity contribution in [1.29, 1.82) is 5.26 Å². The number of amides is 2. The van der Waals surface area contributed by atoms with Crippen LogP contribution in [0.3, 0.4) is 0 Å². The van der Waals surface area contributed by atoms with Gasteiger partial charge in [-0.2, -0.15) is 5.26 Å². The number of hydrogen-bond donors (Lipinski definition) is 1. The van der Waals surface area contributed by atoms with Crippen molar-refractivity contribution in [3.63, 3.8) is 0 Å². The fourth-order valence-corrected chi connectivity index (χ4v) is 3.57. The Bertz CT molecular complexity index is 432. The smallest absolute Gasteiger partial charge is 0.234 e. The van der Waals surface area contributed by atoms with Gasteiger partial charge in [0.15, 0.2) is 0 Å². The zero-order valence-corrected chi connectivity index (χ0v) is 12.7. The summed E-state index contributed by atoms with van der Waals surface area (Å²) in [4.78, 5) is 27.8. The molecule has 2 atom stereocenters. The molecule has 2 aliphatic heterocycles. The minimum absolute atomic E-state index is 0.0236.